The lowest BCUT2D eigenvalue weighted by atomic mass is 10.1. The Balaban J connectivity index is 2.65. The summed E-state index contributed by atoms with van der Waals surface area (Å²) in [4.78, 5) is 22.3. The highest BCUT2D eigenvalue weighted by Gasteiger charge is 2.19. The third-order valence-corrected chi connectivity index (χ3v) is 3.08. The first kappa shape index (κ1) is 14.5. The van der Waals surface area contributed by atoms with Gasteiger partial charge in [0.05, 0.1) is 12.1 Å². The van der Waals surface area contributed by atoms with Crippen LogP contribution in [0.2, 0.25) is 0 Å². The highest BCUT2D eigenvalue weighted by Crippen LogP contribution is 2.32. The van der Waals surface area contributed by atoms with Gasteiger partial charge in [-0.05, 0) is 37.2 Å². The molecule has 7 heteroatoms. The number of nitroso groups, excluding NO2 is 1. The summed E-state index contributed by atoms with van der Waals surface area (Å²) < 4.78 is 6.58. The molecule has 0 spiro atoms. The molecule has 0 saturated heterocycles. The SMILES string of the molecule is CCOC(=O)Nc1c(C#N)c2ccc(N=O)cc2n1CC. The van der Waals surface area contributed by atoms with E-state index in [9.17, 15) is 15.0 Å². The monoisotopic (exact) mass is 286 g/mol. The molecule has 0 saturated carbocycles. The number of ether oxygens (including phenoxy) is 1. The van der Waals surface area contributed by atoms with Crippen molar-refractivity contribution in [1.29, 1.82) is 5.26 Å². The topological polar surface area (TPSA) is 96.5 Å². The van der Waals surface area contributed by atoms with Gasteiger partial charge in [0, 0.05) is 11.9 Å². The van der Waals surface area contributed by atoms with Gasteiger partial charge in [0.1, 0.15) is 23.1 Å². The van der Waals surface area contributed by atoms with Crippen molar-refractivity contribution in [2.45, 2.75) is 20.4 Å². The van der Waals surface area contributed by atoms with Gasteiger partial charge in [-0.15, -0.1) is 4.91 Å². The third-order valence-electron chi connectivity index (χ3n) is 3.08. The largest absolute Gasteiger partial charge is 0.450 e. The lowest BCUT2D eigenvalue weighted by molar-refractivity contribution is 0.167. The molecule has 0 fully saturated rings. The highest BCUT2D eigenvalue weighted by atomic mass is 16.5. The van der Waals surface area contributed by atoms with E-state index in [1.54, 1.807) is 23.6 Å². The maximum absolute atomic E-state index is 11.6. The molecule has 0 radical (unpaired) electrons. The molecule has 0 unspecified atom stereocenters. The molecular weight excluding hydrogens is 272 g/mol. The third kappa shape index (κ3) is 2.56. The standard InChI is InChI=1S/C14H14N4O3/c1-3-18-12-7-9(17-20)5-6-10(12)11(8-15)13(18)16-14(19)21-4-2/h5-7H,3-4H2,1-2H3,(H,16,19). The number of carbonyl (C=O) groups excluding carboxylic acids is 1. The van der Waals surface area contributed by atoms with Crippen LogP contribution in [0, 0.1) is 16.2 Å². The minimum atomic E-state index is -0.625. The van der Waals surface area contributed by atoms with E-state index in [1.165, 1.54) is 6.07 Å². The van der Waals surface area contributed by atoms with Crippen molar-refractivity contribution < 1.29 is 9.53 Å². The number of aryl methyl sites for hydroxylation is 1. The molecule has 1 aromatic carbocycles. The van der Waals surface area contributed by atoms with Crippen molar-refractivity contribution in [3.63, 3.8) is 0 Å². The number of hydrogen-bond donors (Lipinski definition) is 1. The number of aromatic nitrogens is 1. The van der Waals surface area contributed by atoms with Gasteiger partial charge in [0.15, 0.2) is 0 Å². The fraction of sp³-hybridized carbons (Fsp3) is 0.286. The van der Waals surface area contributed by atoms with Crippen molar-refractivity contribution in [2.24, 2.45) is 5.18 Å². The van der Waals surface area contributed by atoms with Gasteiger partial charge in [-0.1, -0.05) is 0 Å². The molecule has 2 rings (SSSR count). The molecule has 1 N–H and O–H groups in total. The Kier molecular flexibility index (Phi) is 4.18. The zero-order valence-electron chi connectivity index (χ0n) is 11.7. The van der Waals surface area contributed by atoms with Crippen molar-refractivity contribution in [2.75, 3.05) is 11.9 Å². The van der Waals surface area contributed by atoms with Crippen LogP contribution in [-0.2, 0) is 11.3 Å². The van der Waals surface area contributed by atoms with E-state index in [1.807, 2.05) is 6.92 Å². The van der Waals surface area contributed by atoms with E-state index in [4.69, 9.17) is 4.74 Å². The van der Waals surface area contributed by atoms with E-state index in [2.05, 4.69) is 16.6 Å². The molecule has 0 aliphatic carbocycles. The fourth-order valence-corrected chi connectivity index (χ4v) is 2.23. The number of nitrogens with zero attached hydrogens (tertiary/aromatic N) is 3. The van der Waals surface area contributed by atoms with Crippen LogP contribution >= 0.6 is 0 Å². The Morgan fingerprint density at radius 2 is 2.24 bits per heavy atom. The van der Waals surface area contributed by atoms with Gasteiger partial charge in [0.25, 0.3) is 0 Å². The predicted molar refractivity (Wildman–Crippen MR) is 78.4 cm³/mol. The van der Waals surface area contributed by atoms with Crippen LogP contribution in [0.15, 0.2) is 23.4 Å². The molecule has 0 aliphatic rings. The van der Waals surface area contributed by atoms with Crippen LogP contribution in [0.4, 0.5) is 16.3 Å². The van der Waals surface area contributed by atoms with E-state index in [0.29, 0.717) is 28.8 Å². The molecule has 108 valence electrons. The normalized spacial score (nSPS) is 10.1. The number of carbonyl (C=O) groups is 1. The summed E-state index contributed by atoms with van der Waals surface area (Å²) in [7, 11) is 0. The van der Waals surface area contributed by atoms with Crippen LogP contribution in [0.5, 0.6) is 0 Å². The highest BCUT2D eigenvalue weighted by molar-refractivity contribution is 5.98. The average molecular weight is 286 g/mol. The summed E-state index contributed by atoms with van der Waals surface area (Å²) in [5.74, 6) is 0.358. The summed E-state index contributed by atoms with van der Waals surface area (Å²) in [6.45, 7) is 4.32. The van der Waals surface area contributed by atoms with Gasteiger partial charge in [0.2, 0.25) is 0 Å². The number of benzene rings is 1. The Morgan fingerprint density at radius 3 is 2.81 bits per heavy atom. The number of nitriles is 1. The number of hydrogen-bond acceptors (Lipinski definition) is 5. The number of amides is 1. The summed E-state index contributed by atoms with van der Waals surface area (Å²) in [5, 5.41) is 15.5. The molecule has 0 atom stereocenters. The summed E-state index contributed by atoms with van der Waals surface area (Å²) in [6, 6.07) is 6.84. The zero-order valence-corrected chi connectivity index (χ0v) is 11.7. The number of anilines is 1. The minimum absolute atomic E-state index is 0.235. The van der Waals surface area contributed by atoms with E-state index in [0.717, 1.165) is 0 Å². The summed E-state index contributed by atoms with van der Waals surface area (Å²) in [5.41, 5.74) is 1.26. The molecule has 1 aromatic heterocycles. The second-order valence-electron chi connectivity index (χ2n) is 4.22. The molecule has 0 aliphatic heterocycles. The van der Waals surface area contributed by atoms with Gasteiger partial charge in [-0.25, -0.2) is 4.79 Å². The molecule has 2 aromatic rings. The average Bonchev–Trinajstić information content (AvgIpc) is 2.78. The van der Waals surface area contributed by atoms with Gasteiger partial charge in [-0.3, -0.25) is 5.32 Å². The molecule has 21 heavy (non-hydrogen) atoms. The maximum Gasteiger partial charge on any atom is 0.412 e. The van der Waals surface area contributed by atoms with E-state index >= 15 is 0 Å². The molecular formula is C14H14N4O3. The maximum atomic E-state index is 11.6. The van der Waals surface area contributed by atoms with Crippen LogP contribution in [0.1, 0.15) is 19.4 Å². The first-order valence-corrected chi connectivity index (χ1v) is 6.49. The van der Waals surface area contributed by atoms with Crippen molar-refractivity contribution in [3.05, 3.63) is 28.7 Å². The number of nitrogens with one attached hydrogen (secondary N) is 1. The van der Waals surface area contributed by atoms with Crippen LogP contribution in [0.25, 0.3) is 10.9 Å². The first-order valence-electron chi connectivity index (χ1n) is 6.49. The second kappa shape index (κ2) is 6.05. The van der Waals surface area contributed by atoms with Crippen molar-refractivity contribution in [3.8, 4) is 6.07 Å². The van der Waals surface area contributed by atoms with Gasteiger partial charge < -0.3 is 9.30 Å². The lowest BCUT2D eigenvalue weighted by Gasteiger charge is -2.09. The zero-order chi connectivity index (χ0) is 15.4. The van der Waals surface area contributed by atoms with Crippen LogP contribution in [-0.4, -0.2) is 17.3 Å². The van der Waals surface area contributed by atoms with Gasteiger partial charge in [-0.2, -0.15) is 5.26 Å². The Morgan fingerprint density at radius 1 is 1.48 bits per heavy atom. The smallest absolute Gasteiger partial charge is 0.412 e. The molecule has 1 amide bonds. The lowest BCUT2D eigenvalue weighted by Crippen LogP contribution is -2.16. The summed E-state index contributed by atoms with van der Waals surface area (Å²) in [6.07, 6.45) is -0.625. The fourth-order valence-electron chi connectivity index (χ4n) is 2.23. The quantitative estimate of drug-likeness (QED) is 0.870. The second-order valence-corrected chi connectivity index (χ2v) is 4.22. The van der Waals surface area contributed by atoms with Crippen molar-refractivity contribution in [1.82, 2.24) is 4.57 Å². The molecule has 0 bridgehead atoms. The molecule has 1 heterocycles. The van der Waals surface area contributed by atoms with Crippen LogP contribution < -0.4 is 5.32 Å². The summed E-state index contributed by atoms with van der Waals surface area (Å²) >= 11 is 0. The first-order chi connectivity index (χ1) is 10.2. The van der Waals surface area contributed by atoms with E-state index < -0.39 is 6.09 Å². The minimum Gasteiger partial charge on any atom is -0.450 e. The van der Waals surface area contributed by atoms with E-state index in [-0.39, 0.29) is 12.3 Å². The predicted octanol–water partition coefficient (Wildman–Crippen LogP) is 3.50. The number of rotatable bonds is 4. The van der Waals surface area contributed by atoms with Gasteiger partial charge >= 0.3 is 6.09 Å². The Bertz CT molecular complexity index is 743. The van der Waals surface area contributed by atoms with Crippen LogP contribution in [0.3, 0.4) is 0 Å². The number of fused-ring (bicyclic) bond motifs is 1. The Hall–Kier alpha value is -2.88. The van der Waals surface area contributed by atoms with Crippen molar-refractivity contribution >= 4 is 28.5 Å². The Labute approximate surface area is 121 Å². The molecule has 7 nitrogen and oxygen atoms in total.